The maximum atomic E-state index is 13.6. The normalized spacial score (nSPS) is 13.2. The molecule has 0 atom stereocenters. The number of hydrogen-bond donors (Lipinski definition) is 3. The summed E-state index contributed by atoms with van der Waals surface area (Å²) >= 11 is 0. The molecule has 0 spiro atoms. The van der Waals surface area contributed by atoms with Crippen molar-refractivity contribution in [3.05, 3.63) is 71.3 Å². The van der Waals surface area contributed by atoms with Crippen LogP contribution in [-0.2, 0) is 27.5 Å². The Bertz CT molecular complexity index is 849. The molecule has 1 aliphatic rings. The number of nitrogens with zero attached hydrogens (tertiary/aromatic N) is 2. The van der Waals surface area contributed by atoms with Gasteiger partial charge in [0.05, 0.1) is 13.1 Å². The first-order valence-electron chi connectivity index (χ1n) is 10.5. The summed E-state index contributed by atoms with van der Waals surface area (Å²) in [6, 6.07) is 12.9. The first kappa shape index (κ1) is 25.9. The Balaban J connectivity index is 0.00000122. The Morgan fingerprint density at radius 2 is 1.12 bits per heavy atom. The third-order valence-corrected chi connectivity index (χ3v) is 5.08. The predicted octanol–water partition coefficient (Wildman–Crippen LogP) is 1.22. The lowest BCUT2D eigenvalue weighted by Crippen LogP contribution is -2.53. The van der Waals surface area contributed by atoms with Crippen LogP contribution in [0.5, 0.6) is 0 Å². The van der Waals surface area contributed by atoms with Crippen LogP contribution in [0.1, 0.15) is 11.1 Å². The number of amides is 2. The molecular weight excluding hydrogens is 434 g/mol. The smallest absolute Gasteiger partial charge is 0.290 e. The highest BCUT2D eigenvalue weighted by Crippen LogP contribution is 2.07. The molecule has 0 saturated carbocycles. The molecule has 1 fully saturated rings. The van der Waals surface area contributed by atoms with Crippen LogP contribution < -0.4 is 10.6 Å². The second kappa shape index (κ2) is 13.9. The lowest BCUT2D eigenvalue weighted by atomic mass is 10.2. The van der Waals surface area contributed by atoms with Gasteiger partial charge in [0.15, 0.2) is 0 Å². The molecule has 0 unspecified atom stereocenters. The van der Waals surface area contributed by atoms with Crippen molar-refractivity contribution in [3.8, 4) is 0 Å². The summed E-state index contributed by atoms with van der Waals surface area (Å²) in [4.78, 5) is 36.4. The largest absolute Gasteiger partial charge is 0.483 e. The molecule has 1 saturated heterocycles. The van der Waals surface area contributed by atoms with E-state index in [1.165, 1.54) is 12.1 Å². The van der Waals surface area contributed by atoms with Crippen LogP contribution >= 0.6 is 0 Å². The number of carboxylic acid groups (broad SMARTS) is 1. The van der Waals surface area contributed by atoms with Gasteiger partial charge in [-0.25, -0.2) is 8.78 Å². The fourth-order valence-corrected chi connectivity index (χ4v) is 3.32. The number of piperazine rings is 1. The molecule has 1 heterocycles. The number of carbonyl (C=O) groups is 3. The first-order chi connectivity index (χ1) is 16.0. The van der Waals surface area contributed by atoms with Crippen LogP contribution in [0.25, 0.3) is 0 Å². The van der Waals surface area contributed by atoms with Crippen molar-refractivity contribution < 1.29 is 28.3 Å². The molecule has 0 aromatic heterocycles. The lowest BCUT2D eigenvalue weighted by molar-refractivity contribution is -0.138. The average Bonchev–Trinajstić information content (AvgIpc) is 2.82. The summed E-state index contributed by atoms with van der Waals surface area (Å²) in [5.74, 6) is -0.742. The van der Waals surface area contributed by atoms with Gasteiger partial charge in [0.1, 0.15) is 11.6 Å². The van der Waals surface area contributed by atoms with Gasteiger partial charge in [-0.05, 0) is 12.1 Å². The van der Waals surface area contributed by atoms with E-state index in [0.29, 0.717) is 37.3 Å². The first-order valence-corrected chi connectivity index (χ1v) is 10.5. The van der Waals surface area contributed by atoms with Crippen LogP contribution in [0.4, 0.5) is 8.78 Å². The molecule has 0 radical (unpaired) electrons. The third-order valence-electron chi connectivity index (χ3n) is 5.08. The number of benzene rings is 2. The van der Waals surface area contributed by atoms with Crippen molar-refractivity contribution >= 4 is 18.3 Å². The summed E-state index contributed by atoms with van der Waals surface area (Å²) in [6.07, 6.45) is 0. The zero-order valence-corrected chi connectivity index (χ0v) is 18.2. The molecule has 3 rings (SSSR count). The van der Waals surface area contributed by atoms with Crippen LogP contribution in [0.2, 0.25) is 0 Å². The van der Waals surface area contributed by atoms with Gasteiger partial charge in [0, 0.05) is 50.4 Å². The Hall–Kier alpha value is -3.37. The lowest BCUT2D eigenvalue weighted by Gasteiger charge is -2.35. The molecule has 2 amide bonds. The number of hydrogen-bond acceptors (Lipinski definition) is 5. The molecule has 0 aliphatic carbocycles. The number of halogens is 2. The highest BCUT2D eigenvalue weighted by atomic mass is 19.1. The maximum absolute atomic E-state index is 13.6. The monoisotopic (exact) mass is 462 g/mol. The SMILES string of the molecule is O=C(CNCc1ccccc1F)N1CCN(C(=O)CNCc2ccccc2F)CC1.O=CO. The van der Waals surface area contributed by atoms with Crippen LogP contribution in [0.3, 0.4) is 0 Å². The van der Waals surface area contributed by atoms with Crippen LogP contribution in [0.15, 0.2) is 48.5 Å². The molecule has 1 aliphatic heterocycles. The molecule has 2 aromatic rings. The summed E-state index contributed by atoms with van der Waals surface area (Å²) in [5, 5.41) is 12.8. The van der Waals surface area contributed by atoms with Gasteiger partial charge in [-0.1, -0.05) is 36.4 Å². The van der Waals surface area contributed by atoms with E-state index in [4.69, 9.17) is 9.90 Å². The van der Waals surface area contributed by atoms with Crippen molar-refractivity contribution in [2.24, 2.45) is 0 Å². The van der Waals surface area contributed by atoms with E-state index in [1.807, 2.05) is 0 Å². The Labute approximate surface area is 191 Å². The van der Waals surface area contributed by atoms with Crippen molar-refractivity contribution in [3.63, 3.8) is 0 Å². The molecule has 10 heteroatoms. The molecule has 178 valence electrons. The second-order valence-electron chi connectivity index (χ2n) is 7.26. The van der Waals surface area contributed by atoms with E-state index in [1.54, 1.807) is 46.2 Å². The standard InChI is InChI=1S/C22H26F2N4O2.CH2O2/c23-19-7-3-1-5-17(19)13-25-15-21(29)27-9-11-28(12-10-27)22(30)16-26-14-18-6-2-4-8-20(18)24;2-1-3/h1-8,25-26H,9-16H2;1H,(H,2,3). The number of nitrogens with one attached hydrogen (secondary N) is 2. The topological polar surface area (TPSA) is 102 Å². The van der Waals surface area contributed by atoms with E-state index >= 15 is 0 Å². The van der Waals surface area contributed by atoms with E-state index < -0.39 is 0 Å². The quantitative estimate of drug-likeness (QED) is 0.510. The van der Waals surface area contributed by atoms with Crippen molar-refractivity contribution in [1.29, 1.82) is 0 Å². The van der Waals surface area contributed by atoms with Gasteiger partial charge in [-0.3, -0.25) is 14.4 Å². The molecule has 8 nitrogen and oxygen atoms in total. The van der Waals surface area contributed by atoms with E-state index in [2.05, 4.69) is 10.6 Å². The van der Waals surface area contributed by atoms with Crippen LogP contribution in [0, 0.1) is 11.6 Å². The zero-order chi connectivity index (χ0) is 24.1. The second-order valence-corrected chi connectivity index (χ2v) is 7.26. The molecule has 0 bridgehead atoms. The highest BCUT2D eigenvalue weighted by Gasteiger charge is 2.23. The van der Waals surface area contributed by atoms with Gasteiger partial charge in [0.25, 0.3) is 6.47 Å². The third kappa shape index (κ3) is 8.59. The molecular formula is C23H28F2N4O4. The minimum absolute atomic E-state index is 0.0730. The Morgan fingerprint density at radius 1 is 0.788 bits per heavy atom. The number of carbonyl (C=O) groups excluding carboxylic acids is 2. The van der Waals surface area contributed by atoms with Crippen LogP contribution in [-0.4, -0.2) is 72.5 Å². The predicted molar refractivity (Wildman–Crippen MR) is 118 cm³/mol. The van der Waals surface area contributed by atoms with Crippen molar-refractivity contribution in [2.75, 3.05) is 39.3 Å². The Morgan fingerprint density at radius 3 is 1.45 bits per heavy atom. The molecule has 2 aromatic carbocycles. The average molecular weight is 462 g/mol. The Kier molecular flexibility index (Phi) is 10.9. The van der Waals surface area contributed by atoms with Gasteiger partial charge in [-0.15, -0.1) is 0 Å². The van der Waals surface area contributed by atoms with E-state index in [0.717, 1.165) is 0 Å². The zero-order valence-electron chi connectivity index (χ0n) is 18.2. The molecule has 33 heavy (non-hydrogen) atoms. The van der Waals surface area contributed by atoms with Gasteiger partial charge in [0.2, 0.25) is 11.8 Å². The fourth-order valence-electron chi connectivity index (χ4n) is 3.32. The van der Waals surface area contributed by atoms with E-state index in [-0.39, 0.29) is 56.1 Å². The summed E-state index contributed by atoms with van der Waals surface area (Å²) in [7, 11) is 0. The summed E-state index contributed by atoms with van der Waals surface area (Å²) < 4.78 is 27.2. The summed E-state index contributed by atoms with van der Waals surface area (Å²) in [6.45, 7) is 2.38. The summed E-state index contributed by atoms with van der Waals surface area (Å²) in [5.41, 5.74) is 1.03. The number of rotatable bonds is 8. The highest BCUT2D eigenvalue weighted by molar-refractivity contribution is 5.80. The fraction of sp³-hybridized carbons (Fsp3) is 0.348. The van der Waals surface area contributed by atoms with Crippen molar-refractivity contribution in [1.82, 2.24) is 20.4 Å². The maximum Gasteiger partial charge on any atom is 0.290 e. The minimum atomic E-state index is -0.298. The van der Waals surface area contributed by atoms with Gasteiger partial charge in [-0.2, -0.15) is 0 Å². The minimum Gasteiger partial charge on any atom is -0.483 e. The van der Waals surface area contributed by atoms with E-state index in [9.17, 15) is 18.4 Å². The van der Waals surface area contributed by atoms with Gasteiger partial charge < -0.3 is 25.5 Å². The van der Waals surface area contributed by atoms with Gasteiger partial charge >= 0.3 is 0 Å². The molecule has 3 N–H and O–H groups in total. The van der Waals surface area contributed by atoms with Crippen molar-refractivity contribution in [2.45, 2.75) is 13.1 Å².